The number of nitrogens with two attached hydrogens (primary N) is 1. The average molecular weight is 262 g/mol. The molecule has 6 heteroatoms. The zero-order valence-corrected chi connectivity index (χ0v) is 11.8. The Morgan fingerprint density at radius 2 is 2.00 bits per heavy atom. The highest BCUT2D eigenvalue weighted by molar-refractivity contribution is 5.92. The van der Waals surface area contributed by atoms with E-state index in [9.17, 15) is 0 Å². The molecule has 0 bridgehead atoms. The van der Waals surface area contributed by atoms with Crippen molar-refractivity contribution in [1.29, 1.82) is 5.41 Å². The summed E-state index contributed by atoms with van der Waals surface area (Å²) in [5.74, 6) is 0.767. The predicted molar refractivity (Wildman–Crippen MR) is 76.6 cm³/mol. The minimum absolute atomic E-state index is 0.0505. The van der Waals surface area contributed by atoms with Gasteiger partial charge in [-0.1, -0.05) is 0 Å². The summed E-state index contributed by atoms with van der Waals surface area (Å²) in [6, 6.07) is 0. The molecule has 1 saturated carbocycles. The van der Waals surface area contributed by atoms with Gasteiger partial charge in [-0.2, -0.15) is 0 Å². The maximum atomic E-state index is 7.31. The van der Waals surface area contributed by atoms with Crippen molar-refractivity contribution < 1.29 is 0 Å². The molecular weight excluding hydrogens is 240 g/mol. The molecule has 0 radical (unpaired) electrons. The van der Waals surface area contributed by atoms with Gasteiger partial charge in [-0.25, -0.2) is 9.97 Å². The Morgan fingerprint density at radius 3 is 2.37 bits per heavy atom. The van der Waals surface area contributed by atoms with Crippen LogP contribution in [0, 0.1) is 5.41 Å². The normalized spacial score (nSPS) is 17.1. The van der Waals surface area contributed by atoms with Crippen molar-refractivity contribution in [2.24, 2.45) is 5.73 Å². The zero-order chi connectivity index (χ0) is 14.0. The fourth-order valence-electron chi connectivity index (χ4n) is 2.51. The van der Waals surface area contributed by atoms with Gasteiger partial charge in [-0.3, -0.25) is 5.41 Å². The van der Waals surface area contributed by atoms with Crippen molar-refractivity contribution in [3.8, 4) is 0 Å². The van der Waals surface area contributed by atoms with Crippen LogP contribution in [0.3, 0.4) is 0 Å². The number of nitrogens with zero attached hydrogens (tertiary/aromatic N) is 4. The summed E-state index contributed by atoms with van der Waals surface area (Å²) < 4.78 is 0. The molecule has 19 heavy (non-hydrogen) atoms. The Kier molecular flexibility index (Phi) is 3.71. The average Bonchev–Trinajstić information content (AvgIpc) is 2.33. The van der Waals surface area contributed by atoms with E-state index in [0.717, 1.165) is 12.4 Å². The second kappa shape index (κ2) is 5.13. The summed E-state index contributed by atoms with van der Waals surface area (Å²) in [5.41, 5.74) is 6.05. The van der Waals surface area contributed by atoms with E-state index in [0.29, 0.717) is 5.69 Å². The van der Waals surface area contributed by atoms with E-state index < -0.39 is 0 Å². The van der Waals surface area contributed by atoms with Crippen molar-refractivity contribution >= 4 is 11.7 Å². The molecule has 0 aromatic carbocycles. The SMILES string of the molecule is CN(CC1(N(C)C)CCC1)c1cnc(C(=N)N)cn1. The Labute approximate surface area is 114 Å². The number of anilines is 1. The molecule has 104 valence electrons. The molecule has 0 spiro atoms. The minimum atomic E-state index is -0.0505. The minimum Gasteiger partial charge on any atom is -0.382 e. The van der Waals surface area contributed by atoms with Gasteiger partial charge < -0.3 is 15.5 Å². The molecule has 0 aliphatic heterocycles. The number of nitrogens with one attached hydrogen (secondary N) is 1. The first kappa shape index (κ1) is 13.7. The molecule has 0 saturated heterocycles. The Balaban J connectivity index is 2.07. The van der Waals surface area contributed by atoms with Crippen molar-refractivity contribution in [3.63, 3.8) is 0 Å². The molecule has 1 aliphatic carbocycles. The molecule has 1 aromatic rings. The number of nitrogen functional groups attached to an aromatic ring is 1. The van der Waals surface area contributed by atoms with Crippen LogP contribution >= 0.6 is 0 Å². The van der Waals surface area contributed by atoms with Crippen LogP contribution in [0.1, 0.15) is 25.0 Å². The Hall–Kier alpha value is -1.69. The molecular formula is C13H22N6. The van der Waals surface area contributed by atoms with Gasteiger partial charge in [0.15, 0.2) is 0 Å². The number of rotatable bonds is 5. The van der Waals surface area contributed by atoms with Gasteiger partial charge in [0, 0.05) is 19.1 Å². The summed E-state index contributed by atoms with van der Waals surface area (Å²) in [5, 5.41) is 7.31. The third kappa shape index (κ3) is 2.68. The van der Waals surface area contributed by atoms with Crippen LogP contribution in [0.2, 0.25) is 0 Å². The van der Waals surface area contributed by atoms with Crippen LogP contribution in [-0.2, 0) is 0 Å². The van der Waals surface area contributed by atoms with Gasteiger partial charge in [-0.15, -0.1) is 0 Å². The van der Waals surface area contributed by atoms with Crippen molar-refractivity contribution in [1.82, 2.24) is 14.9 Å². The van der Waals surface area contributed by atoms with E-state index in [4.69, 9.17) is 11.1 Å². The highest BCUT2D eigenvalue weighted by atomic mass is 15.3. The largest absolute Gasteiger partial charge is 0.382 e. The third-order valence-corrected chi connectivity index (χ3v) is 4.07. The van der Waals surface area contributed by atoms with Crippen LogP contribution in [0.25, 0.3) is 0 Å². The van der Waals surface area contributed by atoms with Crippen molar-refractivity contribution in [3.05, 3.63) is 18.1 Å². The highest BCUT2D eigenvalue weighted by Gasteiger charge is 2.40. The van der Waals surface area contributed by atoms with Crippen molar-refractivity contribution in [2.75, 3.05) is 32.6 Å². The fourth-order valence-corrected chi connectivity index (χ4v) is 2.51. The lowest BCUT2D eigenvalue weighted by Gasteiger charge is -2.49. The second-order valence-electron chi connectivity index (χ2n) is 5.50. The topological polar surface area (TPSA) is 82.1 Å². The number of hydrogen-bond acceptors (Lipinski definition) is 5. The lowest BCUT2D eigenvalue weighted by atomic mass is 9.75. The van der Waals surface area contributed by atoms with Crippen LogP contribution in [-0.4, -0.2) is 53.9 Å². The third-order valence-electron chi connectivity index (χ3n) is 4.07. The molecule has 6 nitrogen and oxygen atoms in total. The van der Waals surface area contributed by atoms with E-state index in [1.807, 2.05) is 7.05 Å². The first-order valence-corrected chi connectivity index (χ1v) is 6.50. The zero-order valence-electron chi connectivity index (χ0n) is 11.8. The van der Waals surface area contributed by atoms with Crippen LogP contribution < -0.4 is 10.6 Å². The maximum Gasteiger partial charge on any atom is 0.146 e. The number of aromatic nitrogens is 2. The van der Waals surface area contributed by atoms with Gasteiger partial charge in [-0.05, 0) is 33.4 Å². The van der Waals surface area contributed by atoms with E-state index in [1.165, 1.54) is 19.3 Å². The molecule has 0 unspecified atom stereocenters. The van der Waals surface area contributed by atoms with Gasteiger partial charge in [0.05, 0.1) is 12.4 Å². The Morgan fingerprint density at radius 1 is 1.32 bits per heavy atom. The lowest BCUT2D eigenvalue weighted by molar-refractivity contribution is 0.0681. The van der Waals surface area contributed by atoms with E-state index >= 15 is 0 Å². The molecule has 1 heterocycles. The van der Waals surface area contributed by atoms with Crippen LogP contribution in [0.4, 0.5) is 5.82 Å². The molecule has 1 fully saturated rings. The predicted octanol–water partition coefficient (Wildman–Crippen LogP) is 0.681. The first-order chi connectivity index (χ1) is 8.94. The fraction of sp³-hybridized carbons (Fsp3) is 0.615. The Bertz CT molecular complexity index is 449. The first-order valence-electron chi connectivity index (χ1n) is 6.50. The molecule has 0 amide bonds. The number of likely N-dealkylation sites (N-methyl/N-ethyl adjacent to an activating group) is 2. The summed E-state index contributed by atoms with van der Waals surface area (Å²) in [4.78, 5) is 12.9. The van der Waals surface area contributed by atoms with E-state index in [-0.39, 0.29) is 11.4 Å². The molecule has 1 aromatic heterocycles. The van der Waals surface area contributed by atoms with Crippen LogP contribution in [0.15, 0.2) is 12.4 Å². The van der Waals surface area contributed by atoms with E-state index in [2.05, 4.69) is 33.9 Å². The number of amidine groups is 1. The van der Waals surface area contributed by atoms with Gasteiger partial charge in [0.25, 0.3) is 0 Å². The highest BCUT2D eigenvalue weighted by Crippen LogP contribution is 2.37. The second-order valence-corrected chi connectivity index (χ2v) is 5.50. The monoisotopic (exact) mass is 262 g/mol. The summed E-state index contributed by atoms with van der Waals surface area (Å²) in [7, 11) is 6.30. The van der Waals surface area contributed by atoms with Gasteiger partial charge >= 0.3 is 0 Å². The molecule has 0 atom stereocenters. The van der Waals surface area contributed by atoms with Gasteiger partial charge in [0.2, 0.25) is 0 Å². The quantitative estimate of drug-likeness (QED) is 0.602. The summed E-state index contributed by atoms with van der Waals surface area (Å²) in [6.45, 7) is 0.939. The van der Waals surface area contributed by atoms with Gasteiger partial charge in [0.1, 0.15) is 17.3 Å². The molecule has 1 aliphatic rings. The van der Waals surface area contributed by atoms with Crippen molar-refractivity contribution in [2.45, 2.75) is 24.8 Å². The maximum absolute atomic E-state index is 7.31. The number of hydrogen-bond donors (Lipinski definition) is 2. The summed E-state index contributed by atoms with van der Waals surface area (Å²) >= 11 is 0. The van der Waals surface area contributed by atoms with Crippen LogP contribution in [0.5, 0.6) is 0 Å². The van der Waals surface area contributed by atoms with E-state index in [1.54, 1.807) is 12.4 Å². The summed E-state index contributed by atoms with van der Waals surface area (Å²) in [6.07, 6.45) is 6.98. The smallest absolute Gasteiger partial charge is 0.146 e. The lowest BCUT2D eigenvalue weighted by Crippen LogP contribution is -2.56. The standard InChI is InChI=1S/C13H22N6/c1-18(2)13(5-4-6-13)9-19(3)11-8-16-10(7-17-11)12(14)15/h7-8H,4-6,9H2,1-3H3,(H3,14,15). The molecule has 3 N–H and O–H groups in total. The molecule has 2 rings (SSSR count).